The Labute approximate surface area is 162 Å². The summed E-state index contributed by atoms with van der Waals surface area (Å²) in [6, 6.07) is 0. The molecular weight excluding hydrogens is 466 g/mol. The molecule has 2 nitrogen and oxygen atoms in total. The van der Waals surface area contributed by atoms with Crippen LogP contribution in [-0.4, -0.2) is 10.1 Å². The van der Waals surface area contributed by atoms with E-state index in [0.29, 0.717) is 0 Å². The molecule has 0 spiro atoms. The first-order valence-corrected chi connectivity index (χ1v) is 10.1. The van der Waals surface area contributed by atoms with Gasteiger partial charge in [-0.05, 0) is 0 Å². The van der Waals surface area contributed by atoms with Crippen LogP contribution >= 0.6 is 15.9 Å². The van der Waals surface area contributed by atoms with Gasteiger partial charge in [0, 0.05) is 0 Å². The molecule has 0 saturated carbocycles. The van der Waals surface area contributed by atoms with Gasteiger partial charge < -0.3 is 24.8 Å². The van der Waals surface area contributed by atoms with Crippen molar-refractivity contribution < 1.29 is 57.5 Å². The largest absolute Gasteiger partial charge is 1.00 e. The summed E-state index contributed by atoms with van der Waals surface area (Å²) in [7, 11) is 0. The van der Waals surface area contributed by atoms with Crippen molar-refractivity contribution in [3.63, 3.8) is 0 Å². The molecule has 0 aromatic carbocycles. The van der Waals surface area contributed by atoms with Crippen LogP contribution in [-0.2, 0) is 32.7 Å². The number of fused-ring (bicyclic) bond motifs is 2. The van der Waals surface area contributed by atoms with Crippen LogP contribution in [0.25, 0.3) is 0 Å². The smallest absolute Gasteiger partial charge is 1.00 e. The van der Waals surface area contributed by atoms with Crippen molar-refractivity contribution in [2.75, 3.05) is 0 Å². The van der Waals surface area contributed by atoms with Gasteiger partial charge in [-0.15, -0.1) is 0 Å². The second-order valence-electron chi connectivity index (χ2n) is 5.22. The van der Waals surface area contributed by atoms with Crippen molar-refractivity contribution in [3.05, 3.63) is 66.7 Å². The predicted octanol–water partition coefficient (Wildman–Crippen LogP) is -1.95. The Balaban J connectivity index is 0.000000882. The van der Waals surface area contributed by atoms with Gasteiger partial charge in [-0.1, -0.05) is 0 Å². The molecule has 0 N–H and O–H groups in total. The monoisotopic (exact) mass is 476 g/mol. The van der Waals surface area contributed by atoms with Gasteiger partial charge in [-0.25, -0.2) is 0 Å². The third-order valence-corrected chi connectivity index (χ3v) is 7.53. The van der Waals surface area contributed by atoms with Gasteiger partial charge in [0.05, 0.1) is 0 Å². The zero-order valence-corrected chi connectivity index (χ0v) is 17.3. The Hall–Kier alpha value is 0.143. The summed E-state index contributed by atoms with van der Waals surface area (Å²) in [6.45, 7) is 2.12. The number of allylic oxidation sites excluding steroid dienone is 10. The van der Waals surface area contributed by atoms with Crippen molar-refractivity contribution in [2.24, 2.45) is 0 Å². The summed E-state index contributed by atoms with van der Waals surface area (Å²) >= 11 is 2.88. The molecular formula is C16H13BrCl2O2Zr. The molecule has 1 fully saturated rings. The first kappa shape index (κ1) is 18.5. The van der Waals surface area contributed by atoms with Crippen molar-refractivity contribution in [2.45, 2.75) is 23.4 Å². The summed E-state index contributed by atoms with van der Waals surface area (Å²) in [6.07, 6.45) is 14.2. The summed E-state index contributed by atoms with van der Waals surface area (Å²) in [5, 5.41) is 0. The standard InChI is InChI=1S/C11H8BrO2.C5H5.2ClH.Zr/c1-6-2-7-4-9-11(14-5-13-9)10(12)8(7)3-6;1-2-4-5-3-1;;;/h2-5,9H,1H3;1-3H,4H2;2*1H;/q;;;;+2/p-2. The Bertz CT molecular complexity index is 674. The van der Waals surface area contributed by atoms with E-state index < -0.39 is 23.2 Å². The number of hydrogen-bond acceptors (Lipinski definition) is 2. The SMILES string of the molecule is CC1=CC2=CC3O[CH]([Zr+2][C]4=CC=CC4)OC3=C(Br)C2=C1.[Cl-].[Cl-]. The van der Waals surface area contributed by atoms with E-state index in [0.717, 1.165) is 16.7 Å². The molecule has 1 saturated heterocycles. The van der Waals surface area contributed by atoms with E-state index in [-0.39, 0.29) is 34.9 Å². The third-order valence-electron chi connectivity index (χ3n) is 3.69. The van der Waals surface area contributed by atoms with E-state index in [1.807, 2.05) is 0 Å². The van der Waals surface area contributed by atoms with Crippen LogP contribution in [0.2, 0.25) is 0 Å². The maximum atomic E-state index is 6.11. The number of rotatable bonds is 2. The Kier molecular flexibility index (Phi) is 6.18. The second kappa shape index (κ2) is 7.36. The number of halogens is 3. The van der Waals surface area contributed by atoms with E-state index in [4.69, 9.17) is 9.47 Å². The maximum Gasteiger partial charge on any atom is -1.00 e. The van der Waals surface area contributed by atoms with Gasteiger partial charge in [0.1, 0.15) is 0 Å². The zero-order chi connectivity index (χ0) is 13.7. The fourth-order valence-electron chi connectivity index (χ4n) is 2.77. The maximum absolute atomic E-state index is 6.11. The molecule has 0 aromatic heterocycles. The van der Waals surface area contributed by atoms with Crippen LogP contribution < -0.4 is 24.8 Å². The summed E-state index contributed by atoms with van der Waals surface area (Å²) in [5.41, 5.74) is 3.75. The van der Waals surface area contributed by atoms with Crippen LogP contribution in [0.4, 0.5) is 0 Å². The van der Waals surface area contributed by atoms with Gasteiger partial charge in [-0.3, -0.25) is 0 Å². The molecule has 0 amide bonds. The predicted molar refractivity (Wildman–Crippen MR) is 77.5 cm³/mol. The first-order valence-electron chi connectivity index (χ1n) is 6.67. The normalized spacial score (nSPS) is 27.4. The fraction of sp³-hybridized carbons (Fsp3) is 0.250. The molecule has 1 heterocycles. The van der Waals surface area contributed by atoms with Crippen molar-refractivity contribution in [1.29, 1.82) is 0 Å². The quantitative estimate of drug-likeness (QED) is 0.459. The van der Waals surface area contributed by atoms with Gasteiger partial charge >= 0.3 is 139 Å². The molecule has 1 aliphatic heterocycles. The second-order valence-corrected chi connectivity index (χ2v) is 9.46. The van der Waals surface area contributed by atoms with E-state index in [1.165, 1.54) is 20.0 Å². The minimum atomic E-state index is -0.812. The van der Waals surface area contributed by atoms with Crippen LogP contribution in [0.3, 0.4) is 0 Å². The average molecular weight is 479 g/mol. The molecule has 6 heteroatoms. The van der Waals surface area contributed by atoms with Crippen LogP contribution in [0.5, 0.6) is 0 Å². The fourth-order valence-corrected chi connectivity index (χ4v) is 6.21. The third kappa shape index (κ3) is 3.32. The topological polar surface area (TPSA) is 18.5 Å². The molecule has 2 unspecified atom stereocenters. The van der Waals surface area contributed by atoms with E-state index in [1.54, 1.807) is 0 Å². The molecule has 2 atom stereocenters. The van der Waals surface area contributed by atoms with E-state index >= 15 is 0 Å². The molecule has 0 radical (unpaired) electrons. The van der Waals surface area contributed by atoms with Crippen LogP contribution in [0, 0.1) is 0 Å². The summed E-state index contributed by atoms with van der Waals surface area (Å²) in [4.78, 5) is 0. The minimum absolute atomic E-state index is 0. The Morgan fingerprint density at radius 2 is 2.09 bits per heavy atom. The van der Waals surface area contributed by atoms with Gasteiger partial charge in [0.2, 0.25) is 0 Å². The minimum Gasteiger partial charge on any atom is -1.00 e. The van der Waals surface area contributed by atoms with Crippen LogP contribution in [0.1, 0.15) is 13.3 Å². The molecule has 22 heavy (non-hydrogen) atoms. The molecule has 0 bridgehead atoms. The number of hydrogen-bond donors (Lipinski definition) is 0. The van der Waals surface area contributed by atoms with E-state index in [2.05, 4.69) is 59.3 Å². The Morgan fingerprint density at radius 3 is 2.82 bits per heavy atom. The summed E-state index contributed by atoms with van der Waals surface area (Å²) < 4.78 is 14.8. The number of ether oxygens (including phenoxy) is 2. The molecule has 0 aromatic rings. The van der Waals surface area contributed by atoms with E-state index in [9.17, 15) is 0 Å². The van der Waals surface area contributed by atoms with Gasteiger partial charge in [-0.2, -0.15) is 0 Å². The molecule has 114 valence electrons. The van der Waals surface area contributed by atoms with Gasteiger partial charge in [0.25, 0.3) is 0 Å². The average Bonchev–Trinajstić information content (AvgIpc) is 3.10. The Morgan fingerprint density at radius 1 is 1.27 bits per heavy atom. The zero-order valence-electron chi connectivity index (χ0n) is 11.8. The van der Waals surface area contributed by atoms with Crippen molar-refractivity contribution >= 4 is 15.9 Å². The first-order chi connectivity index (χ1) is 9.70. The van der Waals surface area contributed by atoms with Crippen molar-refractivity contribution in [3.8, 4) is 0 Å². The van der Waals surface area contributed by atoms with Crippen LogP contribution in [0.15, 0.2) is 66.7 Å². The summed E-state index contributed by atoms with van der Waals surface area (Å²) in [5.74, 6) is 0.959. The molecule has 4 aliphatic rings. The van der Waals surface area contributed by atoms with Gasteiger partial charge in [0.15, 0.2) is 0 Å². The molecule has 4 rings (SSSR count). The van der Waals surface area contributed by atoms with Crippen molar-refractivity contribution in [1.82, 2.24) is 0 Å². The molecule has 3 aliphatic carbocycles.